The zero-order valence-corrected chi connectivity index (χ0v) is 12.9. The number of carboxylic acid groups (broad SMARTS) is 1. The van der Waals surface area contributed by atoms with Crippen molar-refractivity contribution in [1.29, 1.82) is 0 Å². The molecule has 1 aromatic heterocycles. The predicted octanol–water partition coefficient (Wildman–Crippen LogP) is 1.17. The van der Waals surface area contributed by atoms with Gasteiger partial charge in [0.2, 0.25) is 10.0 Å². The van der Waals surface area contributed by atoms with Crippen LogP contribution in [-0.4, -0.2) is 46.7 Å². The first-order valence-corrected chi connectivity index (χ1v) is 8.62. The highest BCUT2D eigenvalue weighted by Crippen LogP contribution is 2.29. The number of aromatic nitrogens is 2. The maximum absolute atomic E-state index is 12.5. The van der Waals surface area contributed by atoms with Gasteiger partial charge in [-0.3, -0.25) is 9.48 Å². The number of nitrogens with zero attached hydrogens (tertiary/aromatic N) is 3. The summed E-state index contributed by atoms with van der Waals surface area (Å²) in [5.74, 6) is -0.475. The van der Waals surface area contributed by atoms with Crippen molar-refractivity contribution in [1.82, 2.24) is 14.1 Å². The van der Waals surface area contributed by atoms with Crippen LogP contribution < -0.4 is 0 Å². The Balaban J connectivity index is 2.08. The third-order valence-electron chi connectivity index (χ3n) is 3.84. The molecular formula is C13H21N3O4S. The Bertz CT molecular complexity index is 592. The summed E-state index contributed by atoms with van der Waals surface area (Å²) < 4.78 is 27.9. The molecular weight excluding hydrogens is 294 g/mol. The summed E-state index contributed by atoms with van der Waals surface area (Å²) in [5.41, 5.74) is 0. The summed E-state index contributed by atoms with van der Waals surface area (Å²) in [5, 5.41) is 12.6. The van der Waals surface area contributed by atoms with E-state index in [1.807, 2.05) is 6.92 Å². The molecule has 0 spiro atoms. The third kappa shape index (κ3) is 3.82. The summed E-state index contributed by atoms with van der Waals surface area (Å²) in [6.45, 7) is 2.98. The van der Waals surface area contributed by atoms with Crippen molar-refractivity contribution >= 4 is 16.0 Å². The number of carboxylic acids is 1. The average Bonchev–Trinajstić information content (AvgIpc) is 2.84. The highest BCUT2D eigenvalue weighted by molar-refractivity contribution is 7.89. The number of rotatable bonds is 8. The second kappa shape index (κ2) is 6.57. The van der Waals surface area contributed by atoms with Gasteiger partial charge < -0.3 is 5.11 Å². The Morgan fingerprint density at radius 2 is 2.24 bits per heavy atom. The van der Waals surface area contributed by atoms with E-state index in [1.165, 1.54) is 27.8 Å². The van der Waals surface area contributed by atoms with Crippen LogP contribution in [0.25, 0.3) is 0 Å². The largest absolute Gasteiger partial charge is 0.481 e. The number of hydrogen-bond acceptors (Lipinski definition) is 4. The van der Waals surface area contributed by atoms with Crippen LogP contribution in [0.15, 0.2) is 17.3 Å². The molecule has 0 aliphatic heterocycles. The van der Waals surface area contributed by atoms with Gasteiger partial charge in [-0.05, 0) is 18.8 Å². The van der Waals surface area contributed by atoms with Crippen LogP contribution in [0.1, 0.15) is 32.6 Å². The quantitative estimate of drug-likeness (QED) is 0.777. The molecule has 0 saturated heterocycles. The fourth-order valence-electron chi connectivity index (χ4n) is 2.32. The minimum Gasteiger partial charge on any atom is -0.481 e. The van der Waals surface area contributed by atoms with E-state index in [2.05, 4.69) is 5.10 Å². The molecule has 1 saturated carbocycles. The van der Waals surface area contributed by atoms with Crippen molar-refractivity contribution in [3.05, 3.63) is 12.4 Å². The van der Waals surface area contributed by atoms with Gasteiger partial charge >= 0.3 is 5.97 Å². The van der Waals surface area contributed by atoms with Gasteiger partial charge in [0.25, 0.3) is 0 Å². The lowest BCUT2D eigenvalue weighted by molar-refractivity contribution is -0.137. The second-order valence-electron chi connectivity index (χ2n) is 5.34. The van der Waals surface area contributed by atoms with Crippen LogP contribution in [0.2, 0.25) is 0 Å². The van der Waals surface area contributed by atoms with Crippen LogP contribution in [0.4, 0.5) is 0 Å². The van der Waals surface area contributed by atoms with E-state index >= 15 is 0 Å². The van der Waals surface area contributed by atoms with Crippen molar-refractivity contribution < 1.29 is 18.3 Å². The smallest absolute Gasteiger partial charge is 0.305 e. The minimum absolute atomic E-state index is 0.0826. The van der Waals surface area contributed by atoms with Crippen molar-refractivity contribution in [2.75, 3.05) is 13.1 Å². The van der Waals surface area contributed by atoms with Crippen molar-refractivity contribution in [3.8, 4) is 0 Å². The Morgan fingerprint density at radius 3 is 2.76 bits per heavy atom. The SMILES string of the molecule is CCN(CC1CCC1)S(=O)(=O)c1cnn(CCC(=O)O)c1. The Labute approximate surface area is 124 Å². The van der Waals surface area contributed by atoms with E-state index in [-0.39, 0.29) is 17.9 Å². The molecule has 1 fully saturated rings. The van der Waals surface area contributed by atoms with Crippen LogP contribution in [-0.2, 0) is 21.4 Å². The van der Waals surface area contributed by atoms with Crippen LogP contribution >= 0.6 is 0 Å². The van der Waals surface area contributed by atoms with Crippen molar-refractivity contribution in [2.45, 2.75) is 44.0 Å². The molecule has 21 heavy (non-hydrogen) atoms. The van der Waals surface area contributed by atoms with Gasteiger partial charge in [0, 0.05) is 19.3 Å². The lowest BCUT2D eigenvalue weighted by Crippen LogP contribution is -2.37. The van der Waals surface area contributed by atoms with E-state index < -0.39 is 16.0 Å². The maximum Gasteiger partial charge on any atom is 0.305 e. The van der Waals surface area contributed by atoms with Gasteiger partial charge in [-0.1, -0.05) is 13.3 Å². The van der Waals surface area contributed by atoms with Gasteiger partial charge in [0.1, 0.15) is 4.90 Å². The summed E-state index contributed by atoms with van der Waals surface area (Å²) in [7, 11) is -3.54. The number of carbonyl (C=O) groups is 1. The third-order valence-corrected chi connectivity index (χ3v) is 5.74. The first kappa shape index (κ1) is 16.0. The van der Waals surface area contributed by atoms with Gasteiger partial charge in [-0.15, -0.1) is 0 Å². The fourth-order valence-corrected chi connectivity index (χ4v) is 3.80. The van der Waals surface area contributed by atoms with Crippen LogP contribution in [0, 0.1) is 5.92 Å². The number of aliphatic carboxylic acids is 1. The molecule has 2 rings (SSSR count). The van der Waals surface area contributed by atoms with E-state index in [4.69, 9.17) is 5.11 Å². The first-order valence-electron chi connectivity index (χ1n) is 7.18. The molecule has 0 unspecified atom stereocenters. The zero-order chi connectivity index (χ0) is 15.5. The highest BCUT2D eigenvalue weighted by Gasteiger charge is 2.29. The second-order valence-corrected chi connectivity index (χ2v) is 7.27. The molecule has 0 atom stereocenters. The summed E-state index contributed by atoms with van der Waals surface area (Å²) in [6.07, 6.45) is 5.96. The summed E-state index contributed by atoms with van der Waals surface area (Å²) >= 11 is 0. The Morgan fingerprint density at radius 1 is 1.52 bits per heavy atom. The molecule has 1 heterocycles. The molecule has 0 bridgehead atoms. The molecule has 0 amide bonds. The van der Waals surface area contributed by atoms with E-state index in [0.717, 1.165) is 12.8 Å². The lowest BCUT2D eigenvalue weighted by atomic mass is 9.85. The normalized spacial score (nSPS) is 16.1. The van der Waals surface area contributed by atoms with Crippen molar-refractivity contribution in [3.63, 3.8) is 0 Å². The number of aryl methyl sites for hydroxylation is 1. The minimum atomic E-state index is -3.54. The van der Waals surface area contributed by atoms with Crippen molar-refractivity contribution in [2.24, 2.45) is 5.92 Å². The summed E-state index contributed by atoms with van der Waals surface area (Å²) in [4.78, 5) is 10.7. The van der Waals surface area contributed by atoms with Gasteiger partial charge in [0.15, 0.2) is 0 Å². The first-order chi connectivity index (χ1) is 9.93. The maximum atomic E-state index is 12.5. The number of sulfonamides is 1. The molecule has 1 N–H and O–H groups in total. The van der Waals surface area contributed by atoms with Gasteiger partial charge in [0.05, 0.1) is 19.2 Å². The average molecular weight is 315 g/mol. The highest BCUT2D eigenvalue weighted by atomic mass is 32.2. The standard InChI is InChI=1S/C13H21N3O4S/c1-2-16(9-11-4-3-5-11)21(19,20)12-8-14-15(10-12)7-6-13(17)18/h8,10-11H,2-7,9H2,1H3,(H,17,18). The van der Waals surface area contributed by atoms with Gasteiger partial charge in [-0.25, -0.2) is 8.42 Å². The summed E-state index contributed by atoms with van der Waals surface area (Å²) in [6, 6.07) is 0. The fraction of sp³-hybridized carbons (Fsp3) is 0.692. The van der Waals surface area contributed by atoms with Gasteiger partial charge in [-0.2, -0.15) is 9.40 Å². The monoisotopic (exact) mass is 315 g/mol. The molecule has 0 radical (unpaired) electrons. The Hall–Kier alpha value is -1.41. The van der Waals surface area contributed by atoms with Crippen LogP contribution in [0.3, 0.4) is 0 Å². The lowest BCUT2D eigenvalue weighted by Gasteiger charge is -2.30. The molecule has 7 nitrogen and oxygen atoms in total. The molecule has 1 aromatic rings. The van der Waals surface area contributed by atoms with E-state index in [1.54, 1.807) is 0 Å². The molecule has 1 aliphatic rings. The molecule has 118 valence electrons. The van der Waals surface area contributed by atoms with E-state index in [9.17, 15) is 13.2 Å². The number of hydrogen-bond donors (Lipinski definition) is 1. The topological polar surface area (TPSA) is 92.5 Å². The molecule has 0 aromatic carbocycles. The van der Waals surface area contributed by atoms with E-state index in [0.29, 0.717) is 19.0 Å². The molecule has 1 aliphatic carbocycles. The van der Waals surface area contributed by atoms with Crippen LogP contribution in [0.5, 0.6) is 0 Å². The molecule has 8 heteroatoms. The predicted molar refractivity (Wildman–Crippen MR) is 76.3 cm³/mol. The Kier molecular flexibility index (Phi) is 5.00. The zero-order valence-electron chi connectivity index (χ0n) is 12.1.